The highest BCUT2D eigenvalue weighted by atomic mass is 35.5. The van der Waals surface area contributed by atoms with Gasteiger partial charge in [0, 0.05) is 5.02 Å². The number of fused-ring (bicyclic) bond motifs is 1. The molecule has 0 amide bonds. The number of pyridine rings is 1. The molecule has 1 aromatic heterocycles. The molecule has 2 rings (SSSR count). The number of rotatable bonds is 0. The molecular formula is C9H5Cl2NO3. The lowest BCUT2D eigenvalue weighted by Gasteiger charge is -2.05. The first kappa shape index (κ1) is 10.1. The molecular weight excluding hydrogens is 241 g/mol. The van der Waals surface area contributed by atoms with Crippen LogP contribution in [0.5, 0.6) is 11.5 Å². The van der Waals surface area contributed by atoms with Gasteiger partial charge in [-0.15, -0.1) is 0 Å². The van der Waals surface area contributed by atoms with Gasteiger partial charge in [0.1, 0.15) is 0 Å². The fraction of sp³-hybridized carbons (Fsp3) is 0. The van der Waals surface area contributed by atoms with Gasteiger partial charge in [0.05, 0.1) is 15.9 Å². The zero-order chi connectivity index (χ0) is 11.2. The number of H-pyrrole nitrogens is 1. The van der Waals surface area contributed by atoms with Gasteiger partial charge in [-0.1, -0.05) is 23.2 Å². The maximum Gasteiger partial charge on any atom is 0.294 e. The number of aromatic amines is 1. The molecule has 15 heavy (non-hydrogen) atoms. The molecule has 2 aromatic rings. The van der Waals surface area contributed by atoms with E-state index in [2.05, 4.69) is 4.98 Å². The smallest absolute Gasteiger partial charge is 0.294 e. The Bertz CT molecular complexity index is 606. The van der Waals surface area contributed by atoms with Crippen molar-refractivity contribution < 1.29 is 10.2 Å². The van der Waals surface area contributed by atoms with Gasteiger partial charge in [-0.05, 0) is 12.1 Å². The van der Waals surface area contributed by atoms with E-state index in [1.54, 1.807) is 0 Å². The van der Waals surface area contributed by atoms with Crippen LogP contribution in [0.1, 0.15) is 0 Å². The first-order chi connectivity index (χ1) is 7.00. The molecule has 1 heterocycles. The fourth-order valence-corrected chi connectivity index (χ4v) is 1.90. The average Bonchev–Trinajstić information content (AvgIpc) is 2.13. The van der Waals surface area contributed by atoms with E-state index in [0.29, 0.717) is 5.02 Å². The largest absolute Gasteiger partial charge is 0.504 e. The van der Waals surface area contributed by atoms with Crippen molar-refractivity contribution in [2.75, 3.05) is 0 Å². The van der Waals surface area contributed by atoms with Crippen molar-refractivity contribution >= 4 is 34.1 Å². The van der Waals surface area contributed by atoms with Crippen LogP contribution in [0.2, 0.25) is 10.0 Å². The van der Waals surface area contributed by atoms with Crippen LogP contribution in [0.4, 0.5) is 0 Å². The number of hydrogen-bond acceptors (Lipinski definition) is 3. The average molecular weight is 246 g/mol. The minimum Gasteiger partial charge on any atom is -0.504 e. The van der Waals surface area contributed by atoms with Crippen molar-refractivity contribution in [3.8, 4) is 11.5 Å². The monoisotopic (exact) mass is 245 g/mol. The molecule has 0 radical (unpaired) electrons. The van der Waals surface area contributed by atoms with Gasteiger partial charge in [0.2, 0.25) is 5.75 Å². The summed E-state index contributed by atoms with van der Waals surface area (Å²) < 4.78 is 0. The van der Waals surface area contributed by atoms with Crippen molar-refractivity contribution in [1.82, 2.24) is 4.98 Å². The molecule has 0 bridgehead atoms. The van der Waals surface area contributed by atoms with Crippen LogP contribution in [-0.4, -0.2) is 15.2 Å². The van der Waals surface area contributed by atoms with Crippen LogP contribution in [0.3, 0.4) is 0 Å². The molecule has 0 aliphatic carbocycles. The minimum atomic E-state index is -0.793. The van der Waals surface area contributed by atoms with Gasteiger partial charge in [-0.2, -0.15) is 0 Å². The zero-order valence-electron chi connectivity index (χ0n) is 7.21. The molecule has 78 valence electrons. The van der Waals surface area contributed by atoms with Gasteiger partial charge in [0.15, 0.2) is 5.75 Å². The summed E-state index contributed by atoms with van der Waals surface area (Å²) in [4.78, 5) is 13.5. The number of benzene rings is 1. The summed E-state index contributed by atoms with van der Waals surface area (Å²) in [5, 5.41) is 19.4. The van der Waals surface area contributed by atoms with E-state index < -0.39 is 17.1 Å². The standard InChI is InChI=1S/C9H5Cl2NO3/c10-3-1-4(11)6-5(2-3)12-9(15)8(14)7(6)13/h1-2,14H,(H2,12,13,15). The fourth-order valence-electron chi connectivity index (χ4n) is 1.32. The molecule has 1 aromatic carbocycles. The summed E-state index contributed by atoms with van der Waals surface area (Å²) >= 11 is 11.5. The molecule has 3 N–H and O–H groups in total. The van der Waals surface area contributed by atoms with Crippen molar-refractivity contribution in [2.45, 2.75) is 0 Å². The van der Waals surface area contributed by atoms with Gasteiger partial charge in [-0.25, -0.2) is 0 Å². The van der Waals surface area contributed by atoms with E-state index in [1.807, 2.05) is 0 Å². The number of hydrogen-bond donors (Lipinski definition) is 3. The molecule has 0 saturated carbocycles. The number of aromatic nitrogens is 1. The number of aromatic hydroxyl groups is 2. The van der Waals surface area contributed by atoms with Crippen LogP contribution < -0.4 is 5.56 Å². The summed E-state index contributed by atoms with van der Waals surface area (Å²) in [6, 6.07) is 2.84. The molecule has 0 spiro atoms. The molecule has 0 unspecified atom stereocenters. The Morgan fingerprint density at radius 3 is 2.47 bits per heavy atom. The lowest BCUT2D eigenvalue weighted by molar-refractivity contribution is 0.402. The van der Waals surface area contributed by atoms with E-state index in [9.17, 15) is 15.0 Å². The Labute approximate surface area is 93.7 Å². The summed E-state index contributed by atoms with van der Waals surface area (Å²) in [7, 11) is 0. The first-order valence-electron chi connectivity index (χ1n) is 3.93. The predicted molar refractivity (Wildman–Crippen MR) is 57.9 cm³/mol. The Balaban J connectivity index is 3.05. The minimum absolute atomic E-state index is 0.154. The van der Waals surface area contributed by atoms with Gasteiger partial charge >= 0.3 is 0 Å². The molecule has 0 atom stereocenters. The van der Waals surface area contributed by atoms with Crippen molar-refractivity contribution in [3.05, 3.63) is 32.5 Å². The summed E-state index contributed by atoms with van der Waals surface area (Å²) in [5.41, 5.74) is -0.522. The van der Waals surface area contributed by atoms with E-state index in [0.717, 1.165) is 0 Å². The molecule has 6 heteroatoms. The lowest BCUT2D eigenvalue weighted by atomic mass is 10.2. The molecule has 0 saturated heterocycles. The third-order valence-electron chi connectivity index (χ3n) is 1.98. The van der Waals surface area contributed by atoms with E-state index >= 15 is 0 Å². The Kier molecular flexibility index (Phi) is 2.25. The first-order valence-corrected chi connectivity index (χ1v) is 4.69. The topological polar surface area (TPSA) is 73.3 Å². The highest BCUT2D eigenvalue weighted by Crippen LogP contribution is 2.36. The highest BCUT2D eigenvalue weighted by molar-refractivity contribution is 6.39. The molecule has 0 fully saturated rings. The summed E-state index contributed by atoms with van der Waals surface area (Å²) in [6.45, 7) is 0. The second-order valence-corrected chi connectivity index (χ2v) is 3.81. The summed E-state index contributed by atoms with van der Waals surface area (Å²) in [6.07, 6.45) is 0. The van der Waals surface area contributed by atoms with Crippen LogP contribution in [0.15, 0.2) is 16.9 Å². The predicted octanol–water partition coefficient (Wildman–Crippen LogP) is 2.25. The third kappa shape index (κ3) is 1.52. The number of nitrogens with one attached hydrogen (secondary N) is 1. The second kappa shape index (κ2) is 3.32. The maximum absolute atomic E-state index is 11.1. The van der Waals surface area contributed by atoms with Crippen LogP contribution >= 0.6 is 23.2 Å². The molecule has 0 aliphatic heterocycles. The lowest BCUT2D eigenvalue weighted by Crippen LogP contribution is -2.05. The van der Waals surface area contributed by atoms with Crippen molar-refractivity contribution in [2.24, 2.45) is 0 Å². The van der Waals surface area contributed by atoms with Crippen LogP contribution in [0, 0.1) is 0 Å². The van der Waals surface area contributed by atoms with Crippen molar-refractivity contribution in [1.29, 1.82) is 0 Å². The maximum atomic E-state index is 11.1. The molecule has 4 nitrogen and oxygen atoms in total. The molecule has 0 aliphatic rings. The van der Waals surface area contributed by atoms with Crippen LogP contribution in [0.25, 0.3) is 10.9 Å². The van der Waals surface area contributed by atoms with E-state index in [-0.39, 0.29) is 15.9 Å². The normalized spacial score (nSPS) is 10.8. The van der Waals surface area contributed by atoms with E-state index in [1.165, 1.54) is 12.1 Å². The van der Waals surface area contributed by atoms with E-state index in [4.69, 9.17) is 23.2 Å². The SMILES string of the molecule is O=c1[nH]c2cc(Cl)cc(Cl)c2c(O)c1O. The van der Waals surface area contributed by atoms with Crippen molar-refractivity contribution in [3.63, 3.8) is 0 Å². The number of halogens is 2. The summed E-state index contributed by atoms with van der Waals surface area (Å²) in [5.74, 6) is -1.30. The zero-order valence-corrected chi connectivity index (χ0v) is 8.73. The Morgan fingerprint density at radius 1 is 1.13 bits per heavy atom. The second-order valence-electron chi connectivity index (χ2n) is 2.96. The van der Waals surface area contributed by atoms with Gasteiger partial charge in [0.25, 0.3) is 5.56 Å². The third-order valence-corrected chi connectivity index (χ3v) is 2.50. The van der Waals surface area contributed by atoms with Crippen LogP contribution in [-0.2, 0) is 0 Å². The Hall–Kier alpha value is -1.39. The van der Waals surface area contributed by atoms with Gasteiger partial charge in [-0.3, -0.25) is 4.79 Å². The Morgan fingerprint density at radius 2 is 1.80 bits per heavy atom. The quantitative estimate of drug-likeness (QED) is 0.667. The highest BCUT2D eigenvalue weighted by Gasteiger charge is 2.13. The van der Waals surface area contributed by atoms with Gasteiger partial charge < -0.3 is 15.2 Å².